The summed E-state index contributed by atoms with van der Waals surface area (Å²) in [6.45, 7) is 10.3. The summed E-state index contributed by atoms with van der Waals surface area (Å²) < 4.78 is 5.15. The van der Waals surface area contributed by atoms with Crippen molar-refractivity contribution in [2.45, 2.75) is 22.9 Å². The number of aldehydes is 1. The number of benzene rings is 4. The molecule has 0 atom stereocenters. The molecule has 2 saturated heterocycles. The first-order chi connectivity index (χ1) is 23.6. The van der Waals surface area contributed by atoms with E-state index >= 15 is 0 Å². The SMILES string of the molecule is COC=Cc1c(SC)cccc1N1CCN(Cc2ccccc2)CC1.CSc1cccc(N2CCN(Cc3ccccc3)CC2)c1C=O. The summed E-state index contributed by atoms with van der Waals surface area (Å²) >= 11 is 3.41. The van der Waals surface area contributed by atoms with Gasteiger partial charge in [-0.05, 0) is 54.0 Å². The molecule has 0 aliphatic carbocycles. The Morgan fingerprint density at radius 1 is 0.583 bits per heavy atom. The van der Waals surface area contributed by atoms with Gasteiger partial charge in [0.2, 0.25) is 0 Å². The third-order valence-electron chi connectivity index (χ3n) is 8.94. The Morgan fingerprint density at radius 3 is 1.44 bits per heavy atom. The molecule has 0 spiro atoms. The minimum Gasteiger partial charge on any atom is -0.504 e. The standard InChI is InChI=1S/C21H26N2OS.C19H22N2OS/c1-24-16-11-19-20(9-6-10-21(19)25-2)23-14-12-22(13-15-23)17-18-7-4-3-5-8-18;1-23-19-9-5-8-18(17(19)15-22)21-12-10-20(11-13-21)14-16-6-3-2-4-7-16/h3-11,16H,12-15,17H2,1-2H3;2-9,15H,10-14H2,1H3. The second-order valence-corrected chi connectivity index (χ2v) is 13.6. The van der Waals surface area contributed by atoms with Gasteiger partial charge in [-0.15, -0.1) is 23.5 Å². The van der Waals surface area contributed by atoms with Crippen LogP contribution in [0.3, 0.4) is 0 Å². The van der Waals surface area contributed by atoms with E-state index in [2.05, 4.69) is 117 Å². The van der Waals surface area contributed by atoms with Crippen LogP contribution >= 0.6 is 23.5 Å². The van der Waals surface area contributed by atoms with Gasteiger partial charge in [-0.3, -0.25) is 14.6 Å². The van der Waals surface area contributed by atoms with Gasteiger partial charge < -0.3 is 14.5 Å². The summed E-state index contributed by atoms with van der Waals surface area (Å²) in [5, 5.41) is 0. The summed E-state index contributed by atoms with van der Waals surface area (Å²) in [5.41, 5.74) is 7.22. The monoisotopic (exact) mass is 680 g/mol. The number of ether oxygens (including phenoxy) is 1. The average Bonchev–Trinajstić information content (AvgIpc) is 3.15. The second kappa shape index (κ2) is 18.7. The molecular weight excluding hydrogens is 633 g/mol. The van der Waals surface area contributed by atoms with Crippen molar-refractivity contribution in [2.24, 2.45) is 0 Å². The minimum absolute atomic E-state index is 0.830. The Labute approximate surface area is 295 Å². The molecule has 48 heavy (non-hydrogen) atoms. The summed E-state index contributed by atoms with van der Waals surface area (Å²) in [6.07, 6.45) is 8.99. The van der Waals surface area contributed by atoms with E-state index in [1.807, 2.05) is 18.4 Å². The van der Waals surface area contributed by atoms with Crippen molar-refractivity contribution in [3.8, 4) is 0 Å². The van der Waals surface area contributed by atoms with Crippen molar-refractivity contribution >= 4 is 47.3 Å². The van der Waals surface area contributed by atoms with Crippen LogP contribution in [0.5, 0.6) is 0 Å². The number of carbonyl (C=O) groups excluding carboxylic acids is 1. The molecule has 0 aromatic heterocycles. The van der Waals surface area contributed by atoms with Crippen molar-refractivity contribution in [2.75, 3.05) is 81.8 Å². The Bertz CT molecular complexity index is 1590. The van der Waals surface area contributed by atoms with Gasteiger partial charge in [0.05, 0.1) is 18.9 Å². The Hall–Kier alpha value is -3.69. The first kappa shape index (κ1) is 35.6. The molecule has 8 heteroatoms. The summed E-state index contributed by atoms with van der Waals surface area (Å²) in [4.78, 5) is 23.7. The minimum atomic E-state index is 0.830. The van der Waals surface area contributed by atoms with Crippen LogP contribution in [-0.2, 0) is 17.8 Å². The number of hydrogen-bond acceptors (Lipinski definition) is 8. The summed E-state index contributed by atoms with van der Waals surface area (Å²) in [5.74, 6) is 0. The zero-order chi connectivity index (χ0) is 33.6. The second-order valence-electron chi connectivity index (χ2n) is 11.9. The fourth-order valence-electron chi connectivity index (χ4n) is 6.37. The molecule has 4 aromatic carbocycles. The normalized spacial score (nSPS) is 15.6. The van der Waals surface area contributed by atoms with Crippen molar-refractivity contribution in [3.05, 3.63) is 126 Å². The molecule has 2 aliphatic heterocycles. The van der Waals surface area contributed by atoms with Gasteiger partial charge in [-0.25, -0.2) is 0 Å². The third-order valence-corrected chi connectivity index (χ3v) is 10.5. The van der Waals surface area contributed by atoms with Crippen LogP contribution in [0.1, 0.15) is 27.0 Å². The molecule has 0 N–H and O–H groups in total. The smallest absolute Gasteiger partial charge is 0.153 e. The largest absolute Gasteiger partial charge is 0.504 e. The molecule has 0 saturated carbocycles. The molecule has 2 fully saturated rings. The first-order valence-corrected chi connectivity index (χ1v) is 19.1. The third kappa shape index (κ3) is 9.69. The fourth-order valence-corrected chi connectivity index (χ4v) is 7.57. The predicted molar refractivity (Wildman–Crippen MR) is 206 cm³/mol. The van der Waals surface area contributed by atoms with Crippen LogP contribution in [-0.4, -0.2) is 88.1 Å². The Morgan fingerprint density at radius 2 is 1.02 bits per heavy atom. The maximum Gasteiger partial charge on any atom is 0.153 e. The topological polar surface area (TPSA) is 39.3 Å². The van der Waals surface area contributed by atoms with Crippen LogP contribution in [0, 0.1) is 0 Å². The molecule has 252 valence electrons. The van der Waals surface area contributed by atoms with Gasteiger partial charge in [0, 0.05) is 92.2 Å². The molecule has 0 unspecified atom stereocenters. The number of piperazine rings is 2. The highest BCUT2D eigenvalue weighted by molar-refractivity contribution is 7.99. The van der Waals surface area contributed by atoms with Crippen LogP contribution in [0.25, 0.3) is 6.08 Å². The van der Waals surface area contributed by atoms with E-state index in [-0.39, 0.29) is 0 Å². The number of rotatable bonds is 11. The van der Waals surface area contributed by atoms with Crippen LogP contribution in [0.4, 0.5) is 11.4 Å². The van der Waals surface area contributed by atoms with Gasteiger partial charge in [-0.2, -0.15) is 0 Å². The highest BCUT2D eigenvalue weighted by Crippen LogP contribution is 2.32. The van der Waals surface area contributed by atoms with Crippen LogP contribution < -0.4 is 9.80 Å². The summed E-state index contributed by atoms with van der Waals surface area (Å²) in [6, 6.07) is 34.0. The first-order valence-electron chi connectivity index (χ1n) is 16.6. The number of anilines is 2. The lowest BCUT2D eigenvalue weighted by molar-refractivity contribution is 0.112. The number of methoxy groups -OCH3 is 1. The molecule has 0 amide bonds. The quantitative estimate of drug-likeness (QED) is 0.0900. The van der Waals surface area contributed by atoms with E-state index in [0.29, 0.717) is 0 Å². The molecule has 0 bridgehead atoms. The van der Waals surface area contributed by atoms with Gasteiger partial charge in [0.25, 0.3) is 0 Å². The zero-order valence-electron chi connectivity index (χ0n) is 28.5. The molecule has 2 aliphatic rings. The highest BCUT2D eigenvalue weighted by atomic mass is 32.2. The summed E-state index contributed by atoms with van der Waals surface area (Å²) in [7, 11) is 1.69. The lowest BCUT2D eigenvalue weighted by Gasteiger charge is -2.37. The molecule has 2 heterocycles. The maximum atomic E-state index is 11.5. The molecule has 4 aromatic rings. The highest BCUT2D eigenvalue weighted by Gasteiger charge is 2.21. The average molecular weight is 681 g/mol. The molecule has 6 nitrogen and oxygen atoms in total. The van der Waals surface area contributed by atoms with Crippen molar-refractivity contribution in [1.29, 1.82) is 0 Å². The number of hydrogen-bond donors (Lipinski definition) is 0. The molecule has 0 radical (unpaired) electrons. The van der Waals surface area contributed by atoms with E-state index in [9.17, 15) is 4.79 Å². The maximum absolute atomic E-state index is 11.5. The predicted octanol–water partition coefficient (Wildman–Crippen LogP) is 7.89. The van der Waals surface area contributed by atoms with Gasteiger partial charge in [0.1, 0.15) is 0 Å². The van der Waals surface area contributed by atoms with Crippen molar-refractivity contribution < 1.29 is 9.53 Å². The van der Waals surface area contributed by atoms with E-state index in [1.165, 1.54) is 27.3 Å². The lowest BCUT2D eigenvalue weighted by atomic mass is 10.1. The van der Waals surface area contributed by atoms with Crippen LogP contribution in [0.15, 0.2) is 113 Å². The van der Waals surface area contributed by atoms with E-state index in [1.54, 1.807) is 36.9 Å². The number of carbonyl (C=O) groups is 1. The van der Waals surface area contributed by atoms with E-state index < -0.39 is 0 Å². The van der Waals surface area contributed by atoms with E-state index in [4.69, 9.17) is 4.74 Å². The fraction of sp³-hybridized carbons (Fsp3) is 0.325. The molecule has 6 rings (SSSR count). The Balaban J connectivity index is 0.000000188. The number of thioether (sulfide) groups is 2. The van der Waals surface area contributed by atoms with Gasteiger partial charge in [-0.1, -0.05) is 72.8 Å². The van der Waals surface area contributed by atoms with Gasteiger partial charge in [0.15, 0.2) is 6.29 Å². The van der Waals surface area contributed by atoms with Crippen LogP contribution in [0.2, 0.25) is 0 Å². The molecular formula is C40H48N4O2S2. The zero-order valence-corrected chi connectivity index (χ0v) is 30.1. The number of nitrogens with zero attached hydrogens (tertiary/aromatic N) is 4. The Kier molecular flexibility index (Phi) is 13.9. The van der Waals surface area contributed by atoms with Crippen molar-refractivity contribution in [3.63, 3.8) is 0 Å². The van der Waals surface area contributed by atoms with Gasteiger partial charge >= 0.3 is 0 Å². The van der Waals surface area contributed by atoms with Crippen molar-refractivity contribution in [1.82, 2.24) is 9.80 Å². The lowest BCUT2D eigenvalue weighted by Crippen LogP contribution is -2.46. The van der Waals surface area contributed by atoms with E-state index in [0.717, 1.165) is 87.9 Å².